The Morgan fingerprint density at radius 3 is 2.89 bits per heavy atom. The average Bonchev–Trinajstić information content (AvgIpc) is 1.89. The second kappa shape index (κ2) is 7.12. The molecule has 0 heterocycles. The lowest BCUT2D eigenvalue weighted by Crippen LogP contribution is -1.73. The maximum Gasteiger partial charge on any atom is 0.0892 e. The summed E-state index contributed by atoms with van der Waals surface area (Å²) >= 11 is 0. The lowest BCUT2D eigenvalue weighted by molar-refractivity contribution is 1.01. The Hall–Kier alpha value is -0.880. The van der Waals surface area contributed by atoms with Crippen molar-refractivity contribution in [1.29, 1.82) is 0 Å². The quantitative estimate of drug-likeness (QED) is 0.310. The summed E-state index contributed by atoms with van der Waals surface area (Å²) in [6, 6.07) is 2.57. The molecule has 0 aromatic heterocycles. The molecule has 0 bridgehead atoms. The summed E-state index contributed by atoms with van der Waals surface area (Å²) in [4.78, 5) is 7.66. The summed E-state index contributed by atoms with van der Waals surface area (Å²) < 4.78 is 0. The Labute approximate surface area is 56.0 Å². The summed E-state index contributed by atoms with van der Waals surface area (Å²) in [6.45, 7) is 7.03. The van der Waals surface area contributed by atoms with Gasteiger partial charge in [-0.1, -0.05) is 6.08 Å². The third-order valence-corrected chi connectivity index (χ3v) is 0.745. The monoisotopic (exact) mass is 124 g/mol. The fourth-order valence-corrected chi connectivity index (χ4v) is 0.327. The van der Waals surface area contributed by atoms with Gasteiger partial charge in [0.2, 0.25) is 0 Å². The molecular weight excluding hydrogens is 112 g/mol. The predicted molar refractivity (Wildman–Crippen MR) is 40.1 cm³/mol. The average molecular weight is 124 g/mol. The maximum absolute atomic E-state index is 3.86. The molecular formula is C7H12N2. The van der Waals surface area contributed by atoms with E-state index in [1.165, 1.54) is 0 Å². The number of hydrogen-bond acceptors (Lipinski definition) is 2. The Kier molecular flexibility index (Phi) is 6.42. The van der Waals surface area contributed by atoms with E-state index in [9.17, 15) is 0 Å². The van der Waals surface area contributed by atoms with Crippen LogP contribution in [0, 0.1) is 0 Å². The van der Waals surface area contributed by atoms with Gasteiger partial charge in [0.1, 0.15) is 0 Å². The predicted octanol–water partition coefficient (Wildman–Crippen LogP) is 1.76. The molecule has 0 N–H and O–H groups in total. The summed E-state index contributed by atoms with van der Waals surface area (Å²) in [5.41, 5.74) is 0. The van der Waals surface area contributed by atoms with Gasteiger partial charge in [-0.15, -0.1) is 6.58 Å². The maximum atomic E-state index is 3.86. The standard InChI is InChI=1S/C7H12N2/c1-3-5-6-9-7-8-4-2/h3H,1,4-6H2,2H3. The smallest absolute Gasteiger partial charge is 0.0892 e. The molecule has 0 atom stereocenters. The van der Waals surface area contributed by atoms with Gasteiger partial charge in [-0.3, -0.25) is 0 Å². The first-order chi connectivity index (χ1) is 4.41. The molecule has 0 aromatic rings. The summed E-state index contributed by atoms with van der Waals surface area (Å²) in [5.74, 6) is 0. The topological polar surface area (TPSA) is 24.7 Å². The normalized spacial score (nSPS) is 7.67. The van der Waals surface area contributed by atoms with Gasteiger partial charge >= 0.3 is 0 Å². The van der Waals surface area contributed by atoms with Crippen LogP contribution >= 0.6 is 0 Å². The second-order valence-electron chi connectivity index (χ2n) is 1.53. The molecule has 2 heteroatoms. The molecule has 0 spiro atoms. The van der Waals surface area contributed by atoms with Crippen LogP contribution in [0.1, 0.15) is 13.3 Å². The van der Waals surface area contributed by atoms with Crippen molar-refractivity contribution in [1.82, 2.24) is 0 Å². The zero-order chi connectivity index (χ0) is 6.95. The van der Waals surface area contributed by atoms with Crippen LogP contribution in [-0.2, 0) is 0 Å². The van der Waals surface area contributed by atoms with Crippen LogP contribution in [-0.4, -0.2) is 19.1 Å². The fraction of sp³-hybridized carbons (Fsp3) is 0.571. The van der Waals surface area contributed by atoms with Crippen molar-refractivity contribution in [2.24, 2.45) is 9.98 Å². The van der Waals surface area contributed by atoms with Gasteiger partial charge in [0.15, 0.2) is 0 Å². The van der Waals surface area contributed by atoms with Crippen LogP contribution in [0.25, 0.3) is 0 Å². The van der Waals surface area contributed by atoms with Crippen LogP contribution < -0.4 is 0 Å². The van der Waals surface area contributed by atoms with Crippen LogP contribution in [0.3, 0.4) is 0 Å². The Morgan fingerprint density at radius 2 is 2.33 bits per heavy atom. The molecule has 0 radical (unpaired) electrons. The molecule has 0 fully saturated rings. The zero-order valence-electron chi connectivity index (χ0n) is 5.80. The number of hydrogen-bond donors (Lipinski definition) is 0. The van der Waals surface area contributed by atoms with E-state index in [1.807, 2.05) is 13.0 Å². The van der Waals surface area contributed by atoms with E-state index in [4.69, 9.17) is 0 Å². The molecule has 50 valence electrons. The highest BCUT2D eigenvalue weighted by Gasteiger charge is 1.70. The largest absolute Gasteiger partial charge is 0.226 e. The van der Waals surface area contributed by atoms with Gasteiger partial charge in [0, 0.05) is 6.54 Å². The molecule has 0 saturated heterocycles. The van der Waals surface area contributed by atoms with Crippen molar-refractivity contribution >= 4 is 6.01 Å². The second-order valence-corrected chi connectivity index (χ2v) is 1.53. The Bertz CT molecular complexity index is 121. The van der Waals surface area contributed by atoms with E-state index in [0.717, 1.165) is 19.5 Å². The molecule has 0 rings (SSSR count). The minimum absolute atomic E-state index is 0.757. The van der Waals surface area contributed by atoms with E-state index < -0.39 is 0 Å². The first-order valence-electron chi connectivity index (χ1n) is 3.10. The Morgan fingerprint density at radius 1 is 1.56 bits per heavy atom. The van der Waals surface area contributed by atoms with Crippen LogP contribution in [0.5, 0.6) is 0 Å². The minimum Gasteiger partial charge on any atom is -0.226 e. The van der Waals surface area contributed by atoms with Crippen molar-refractivity contribution in [3.8, 4) is 0 Å². The van der Waals surface area contributed by atoms with Crippen LogP contribution in [0.15, 0.2) is 22.6 Å². The third kappa shape index (κ3) is 7.12. The molecule has 2 nitrogen and oxygen atoms in total. The summed E-state index contributed by atoms with van der Waals surface area (Å²) in [7, 11) is 0. The minimum atomic E-state index is 0.757. The van der Waals surface area contributed by atoms with E-state index in [1.54, 1.807) is 0 Å². The van der Waals surface area contributed by atoms with Gasteiger partial charge in [-0.2, -0.15) is 0 Å². The molecule has 0 aliphatic carbocycles. The zero-order valence-corrected chi connectivity index (χ0v) is 5.80. The van der Waals surface area contributed by atoms with Crippen molar-refractivity contribution < 1.29 is 0 Å². The highest BCUT2D eigenvalue weighted by Crippen LogP contribution is 1.77. The molecule has 0 amide bonds. The fourth-order valence-electron chi connectivity index (χ4n) is 0.327. The van der Waals surface area contributed by atoms with E-state index >= 15 is 0 Å². The highest BCUT2D eigenvalue weighted by atomic mass is 14.8. The van der Waals surface area contributed by atoms with Gasteiger partial charge in [-0.25, -0.2) is 9.98 Å². The number of aliphatic imine (C=N–C) groups is 2. The third-order valence-electron chi connectivity index (χ3n) is 0.745. The number of nitrogens with zero attached hydrogens (tertiary/aromatic N) is 2. The van der Waals surface area contributed by atoms with Gasteiger partial charge in [0.05, 0.1) is 12.6 Å². The van der Waals surface area contributed by atoms with Crippen molar-refractivity contribution in [2.45, 2.75) is 13.3 Å². The van der Waals surface area contributed by atoms with E-state index in [2.05, 4.69) is 22.6 Å². The van der Waals surface area contributed by atoms with E-state index in [0.29, 0.717) is 0 Å². The van der Waals surface area contributed by atoms with Crippen molar-refractivity contribution in [2.75, 3.05) is 13.1 Å². The molecule has 0 unspecified atom stereocenters. The molecule has 0 aliphatic rings. The van der Waals surface area contributed by atoms with Gasteiger partial charge in [0.25, 0.3) is 0 Å². The molecule has 0 saturated carbocycles. The van der Waals surface area contributed by atoms with E-state index in [-0.39, 0.29) is 0 Å². The highest BCUT2D eigenvalue weighted by molar-refractivity contribution is 5.40. The van der Waals surface area contributed by atoms with Crippen LogP contribution in [0.4, 0.5) is 0 Å². The summed E-state index contributed by atoms with van der Waals surface area (Å²) in [5, 5.41) is 0. The molecule has 0 aliphatic heterocycles. The van der Waals surface area contributed by atoms with Crippen molar-refractivity contribution in [3.63, 3.8) is 0 Å². The molecule has 9 heavy (non-hydrogen) atoms. The van der Waals surface area contributed by atoms with Gasteiger partial charge < -0.3 is 0 Å². The first kappa shape index (κ1) is 8.12. The lowest BCUT2D eigenvalue weighted by atomic mass is 10.4. The lowest BCUT2D eigenvalue weighted by Gasteiger charge is -1.78. The number of rotatable bonds is 4. The molecule has 0 aromatic carbocycles. The SMILES string of the molecule is C=CCCN=C=NCC. The van der Waals surface area contributed by atoms with Crippen LogP contribution in [0.2, 0.25) is 0 Å². The Balaban J connectivity index is 3.23. The first-order valence-corrected chi connectivity index (χ1v) is 3.10. The van der Waals surface area contributed by atoms with Gasteiger partial charge in [-0.05, 0) is 13.3 Å². The summed E-state index contributed by atoms with van der Waals surface area (Å²) in [6.07, 6.45) is 2.74. The van der Waals surface area contributed by atoms with Crippen molar-refractivity contribution in [3.05, 3.63) is 12.7 Å².